The van der Waals surface area contributed by atoms with Gasteiger partial charge in [0.05, 0.1) is 11.8 Å². The lowest BCUT2D eigenvalue weighted by Crippen LogP contribution is -2.44. The van der Waals surface area contributed by atoms with E-state index in [0.29, 0.717) is 18.8 Å². The SMILES string of the molecule is C[C@@H]1CC(=O)[C@H](C(O)(CCl)CCl)C1. The molecule has 76 valence electrons. The predicted octanol–water partition coefficient (Wildman–Crippen LogP) is 1.81. The number of carbonyl (C=O) groups is 1. The Morgan fingerprint density at radius 2 is 2.08 bits per heavy atom. The van der Waals surface area contributed by atoms with E-state index in [2.05, 4.69) is 0 Å². The lowest BCUT2D eigenvalue weighted by molar-refractivity contribution is -0.126. The van der Waals surface area contributed by atoms with E-state index in [4.69, 9.17) is 23.2 Å². The average Bonchev–Trinajstić information content (AvgIpc) is 2.44. The van der Waals surface area contributed by atoms with Crippen molar-refractivity contribution in [2.24, 2.45) is 11.8 Å². The van der Waals surface area contributed by atoms with E-state index in [1.807, 2.05) is 6.92 Å². The van der Waals surface area contributed by atoms with Crippen LogP contribution in [0.15, 0.2) is 0 Å². The lowest BCUT2D eigenvalue weighted by atomic mass is 9.88. The molecule has 0 saturated heterocycles. The fourth-order valence-corrected chi connectivity index (χ4v) is 2.50. The molecular formula is C9H14Cl2O2. The van der Waals surface area contributed by atoms with Crippen LogP contribution in [0.1, 0.15) is 19.8 Å². The van der Waals surface area contributed by atoms with Crippen LogP contribution in [0.4, 0.5) is 0 Å². The molecule has 0 amide bonds. The van der Waals surface area contributed by atoms with Gasteiger partial charge in [0.2, 0.25) is 0 Å². The van der Waals surface area contributed by atoms with Crippen molar-refractivity contribution < 1.29 is 9.90 Å². The van der Waals surface area contributed by atoms with E-state index in [9.17, 15) is 9.90 Å². The number of ketones is 1. The normalized spacial score (nSPS) is 29.7. The molecular weight excluding hydrogens is 211 g/mol. The van der Waals surface area contributed by atoms with Gasteiger partial charge in [-0.1, -0.05) is 6.92 Å². The zero-order chi connectivity index (χ0) is 10.1. The second-order valence-corrected chi connectivity index (χ2v) is 4.47. The van der Waals surface area contributed by atoms with Gasteiger partial charge >= 0.3 is 0 Å². The van der Waals surface area contributed by atoms with E-state index in [1.54, 1.807) is 0 Å². The molecule has 0 unspecified atom stereocenters. The molecule has 0 bridgehead atoms. The number of aliphatic hydroxyl groups is 1. The quantitative estimate of drug-likeness (QED) is 0.743. The Morgan fingerprint density at radius 3 is 2.38 bits per heavy atom. The Kier molecular flexibility index (Phi) is 3.61. The van der Waals surface area contributed by atoms with Gasteiger partial charge in [-0.15, -0.1) is 23.2 Å². The summed E-state index contributed by atoms with van der Waals surface area (Å²) < 4.78 is 0. The summed E-state index contributed by atoms with van der Waals surface area (Å²) in [5, 5.41) is 9.93. The zero-order valence-corrected chi connectivity index (χ0v) is 9.11. The molecule has 0 aromatic carbocycles. The van der Waals surface area contributed by atoms with E-state index < -0.39 is 5.60 Å². The van der Waals surface area contributed by atoms with Crippen LogP contribution >= 0.6 is 23.2 Å². The Labute approximate surface area is 88.2 Å². The topological polar surface area (TPSA) is 37.3 Å². The largest absolute Gasteiger partial charge is 0.387 e. The van der Waals surface area contributed by atoms with Crippen molar-refractivity contribution in [3.8, 4) is 0 Å². The summed E-state index contributed by atoms with van der Waals surface area (Å²) in [5.74, 6) is 0.128. The van der Waals surface area contributed by atoms with Crippen molar-refractivity contribution in [3.05, 3.63) is 0 Å². The highest BCUT2D eigenvalue weighted by molar-refractivity contribution is 6.22. The van der Waals surface area contributed by atoms with Crippen LogP contribution in [-0.2, 0) is 4.79 Å². The van der Waals surface area contributed by atoms with Gasteiger partial charge in [-0.3, -0.25) is 4.79 Å². The van der Waals surface area contributed by atoms with Crippen LogP contribution in [0.5, 0.6) is 0 Å². The van der Waals surface area contributed by atoms with Crippen molar-refractivity contribution in [2.45, 2.75) is 25.4 Å². The minimum absolute atomic E-state index is 0.0274. The molecule has 2 nitrogen and oxygen atoms in total. The van der Waals surface area contributed by atoms with Crippen LogP contribution in [0.25, 0.3) is 0 Å². The van der Waals surface area contributed by atoms with Crippen molar-refractivity contribution >= 4 is 29.0 Å². The molecule has 1 fully saturated rings. The molecule has 0 heterocycles. The molecule has 4 heteroatoms. The van der Waals surface area contributed by atoms with Gasteiger partial charge in [-0.2, -0.15) is 0 Å². The maximum absolute atomic E-state index is 11.5. The van der Waals surface area contributed by atoms with Crippen molar-refractivity contribution in [1.29, 1.82) is 0 Å². The van der Waals surface area contributed by atoms with Gasteiger partial charge in [0.15, 0.2) is 0 Å². The molecule has 0 aliphatic heterocycles. The Hall–Kier alpha value is 0.210. The van der Waals surface area contributed by atoms with Crippen LogP contribution < -0.4 is 0 Å². The number of carbonyl (C=O) groups excluding carboxylic acids is 1. The number of hydrogen-bond donors (Lipinski definition) is 1. The first-order valence-electron chi connectivity index (χ1n) is 4.40. The molecule has 0 radical (unpaired) electrons. The maximum Gasteiger partial charge on any atom is 0.139 e. The number of Topliss-reactive ketones (excluding diaryl/α,β-unsaturated/α-hetero) is 1. The predicted molar refractivity (Wildman–Crippen MR) is 53.3 cm³/mol. The van der Waals surface area contributed by atoms with Gasteiger partial charge in [-0.25, -0.2) is 0 Å². The third-order valence-electron chi connectivity index (χ3n) is 2.69. The van der Waals surface area contributed by atoms with E-state index in [1.165, 1.54) is 0 Å². The molecule has 0 aromatic heterocycles. The molecule has 1 N–H and O–H groups in total. The summed E-state index contributed by atoms with van der Waals surface area (Å²) in [6.07, 6.45) is 1.25. The summed E-state index contributed by atoms with van der Waals surface area (Å²) in [4.78, 5) is 11.5. The Balaban J connectivity index is 2.75. The van der Waals surface area contributed by atoms with Crippen LogP contribution in [0.2, 0.25) is 0 Å². The number of hydrogen-bond acceptors (Lipinski definition) is 2. The van der Waals surface area contributed by atoms with Crippen molar-refractivity contribution in [2.75, 3.05) is 11.8 Å². The second-order valence-electron chi connectivity index (χ2n) is 3.93. The lowest BCUT2D eigenvalue weighted by Gasteiger charge is -2.28. The summed E-state index contributed by atoms with van der Waals surface area (Å²) >= 11 is 11.2. The summed E-state index contributed by atoms with van der Waals surface area (Å²) in [7, 11) is 0. The van der Waals surface area contributed by atoms with Crippen LogP contribution in [0, 0.1) is 11.8 Å². The molecule has 1 aliphatic rings. The maximum atomic E-state index is 11.5. The first kappa shape index (κ1) is 11.3. The van der Waals surface area contributed by atoms with Crippen LogP contribution in [0.3, 0.4) is 0 Å². The minimum atomic E-state index is -1.20. The highest BCUT2D eigenvalue weighted by atomic mass is 35.5. The standard InChI is InChI=1S/C9H14Cl2O2/c1-6-2-7(8(12)3-6)9(13,4-10)5-11/h6-7,13H,2-5H2,1H3/t6-,7+/m0/s1. The monoisotopic (exact) mass is 224 g/mol. The van der Waals surface area contributed by atoms with Gasteiger partial charge in [-0.05, 0) is 12.3 Å². The second kappa shape index (κ2) is 4.16. The third kappa shape index (κ3) is 2.17. The first-order chi connectivity index (χ1) is 6.03. The van der Waals surface area contributed by atoms with Crippen molar-refractivity contribution in [3.63, 3.8) is 0 Å². The number of alkyl halides is 2. The van der Waals surface area contributed by atoms with Gasteiger partial charge < -0.3 is 5.11 Å². The minimum Gasteiger partial charge on any atom is -0.387 e. The molecule has 0 aromatic rings. The molecule has 1 rings (SSSR count). The highest BCUT2D eigenvalue weighted by Gasteiger charge is 2.44. The van der Waals surface area contributed by atoms with Gasteiger partial charge in [0.25, 0.3) is 0 Å². The Bertz CT molecular complexity index is 202. The summed E-state index contributed by atoms with van der Waals surface area (Å²) in [5.41, 5.74) is -1.20. The average molecular weight is 225 g/mol. The van der Waals surface area contributed by atoms with E-state index in [0.717, 1.165) is 0 Å². The zero-order valence-electron chi connectivity index (χ0n) is 7.59. The Morgan fingerprint density at radius 1 is 1.54 bits per heavy atom. The number of halogens is 2. The van der Waals surface area contributed by atoms with Crippen LogP contribution in [-0.4, -0.2) is 28.3 Å². The summed E-state index contributed by atoms with van der Waals surface area (Å²) in [6, 6.07) is 0. The van der Waals surface area contributed by atoms with E-state index in [-0.39, 0.29) is 23.5 Å². The first-order valence-corrected chi connectivity index (χ1v) is 5.47. The summed E-state index contributed by atoms with van der Waals surface area (Å²) in [6.45, 7) is 2.00. The van der Waals surface area contributed by atoms with Gasteiger partial charge in [0, 0.05) is 12.3 Å². The van der Waals surface area contributed by atoms with E-state index >= 15 is 0 Å². The fraction of sp³-hybridized carbons (Fsp3) is 0.889. The molecule has 13 heavy (non-hydrogen) atoms. The highest BCUT2D eigenvalue weighted by Crippen LogP contribution is 2.36. The smallest absolute Gasteiger partial charge is 0.139 e. The molecule has 0 spiro atoms. The van der Waals surface area contributed by atoms with Gasteiger partial charge in [0.1, 0.15) is 11.4 Å². The molecule has 1 saturated carbocycles. The van der Waals surface area contributed by atoms with Crippen molar-refractivity contribution in [1.82, 2.24) is 0 Å². The third-order valence-corrected chi connectivity index (χ3v) is 3.61. The molecule has 1 aliphatic carbocycles. The number of rotatable bonds is 3. The fourth-order valence-electron chi connectivity index (χ4n) is 1.84. The molecule has 2 atom stereocenters.